The average Bonchev–Trinajstić information content (AvgIpc) is 2.20. The summed E-state index contributed by atoms with van der Waals surface area (Å²) in [5.74, 6) is -10.8. The molecule has 0 saturated carbocycles. The quantitative estimate of drug-likeness (QED) is 0.340. The van der Waals surface area contributed by atoms with Crippen LogP contribution in [0.25, 0.3) is 0 Å². The van der Waals surface area contributed by atoms with Crippen LogP contribution in [0.2, 0.25) is 0 Å². The molecule has 0 bridgehead atoms. The third kappa shape index (κ3) is 2.81. The van der Waals surface area contributed by atoms with Gasteiger partial charge in [-0.15, -0.1) is 0 Å². The van der Waals surface area contributed by atoms with Crippen molar-refractivity contribution in [2.75, 3.05) is 0 Å². The van der Waals surface area contributed by atoms with E-state index < -0.39 is 42.2 Å². The van der Waals surface area contributed by atoms with Gasteiger partial charge in [0.2, 0.25) is 0 Å². The maximum atomic E-state index is 13.0. The summed E-state index contributed by atoms with van der Waals surface area (Å²) in [5.41, 5.74) is -4.59. The van der Waals surface area contributed by atoms with Crippen molar-refractivity contribution in [3.05, 3.63) is 23.3 Å². The molecular weight excluding hydrogens is 243 g/mol. The van der Waals surface area contributed by atoms with Crippen LogP contribution < -0.4 is 47.8 Å². The first-order valence-electron chi connectivity index (χ1n) is 3.50. The van der Waals surface area contributed by atoms with Crippen LogP contribution in [0.5, 0.6) is 0 Å². The zero-order chi connectivity index (χ0) is 12.0. The summed E-state index contributed by atoms with van der Waals surface area (Å²) >= 11 is 0. The van der Waals surface area contributed by atoms with E-state index >= 15 is 0 Å². The molecular formula is C6HBF6Li2O2. The minimum Gasteiger partial charge on any atom is -0.890 e. The predicted molar refractivity (Wildman–Crippen MR) is 33.0 cm³/mol. The molecule has 0 N–H and O–H groups in total. The monoisotopic (exact) mass is 244 g/mol. The Bertz CT molecular complexity index is 362. The molecule has 0 aromatic heterocycles. The molecule has 2 atom stereocenters. The summed E-state index contributed by atoms with van der Waals surface area (Å²) in [7, 11) is -3.86. The third-order valence-electron chi connectivity index (χ3n) is 1.87. The Labute approximate surface area is 116 Å². The summed E-state index contributed by atoms with van der Waals surface area (Å²) in [4.78, 5) is 0. The second kappa shape index (κ2) is 6.42. The standard InChI is InChI=1S/C6HBF6O2.2Li/c8-1-2(9)4(11)6(13,7(14)15)5(12)3(1)10;;/h4H;;/q-2;2*+1. The molecule has 0 amide bonds. The Hall–Kier alpha value is 0.240. The summed E-state index contributed by atoms with van der Waals surface area (Å²) in [6, 6.07) is 0. The van der Waals surface area contributed by atoms with Crippen molar-refractivity contribution in [1.29, 1.82) is 0 Å². The van der Waals surface area contributed by atoms with E-state index in [-0.39, 0.29) is 37.7 Å². The van der Waals surface area contributed by atoms with Crippen LogP contribution in [0.15, 0.2) is 23.3 Å². The second-order valence-electron chi connectivity index (χ2n) is 2.75. The Morgan fingerprint density at radius 1 is 1.00 bits per heavy atom. The minimum absolute atomic E-state index is 0. The smallest absolute Gasteiger partial charge is 0.890 e. The Morgan fingerprint density at radius 3 is 1.76 bits per heavy atom. The molecule has 2 nitrogen and oxygen atoms in total. The molecule has 0 aliphatic heterocycles. The molecule has 0 fully saturated rings. The fourth-order valence-corrected chi connectivity index (χ4v) is 0.999. The molecule has 0 radical (unpaired) electrons. The second-order valence-corrected chi connectivity index (χ2v) is 2.75. The molecule has 1 rings (SSSR count). The number of hydrogen-bond acceptors (Lipinski definition) is 2. The van der Waals surface area contributed by atoms with Gasteiger partial charge in [0, 0.05) is 0 Å². The largest absolute Gasteiger partial charge is 1.00 e. The van der Waals surface area contributed by atoms with Crippen LogP contribution in [0, 0.1) is 0 Å². The number of allylic oxidation sites excluding steroid dienone is 4. The molecule has 2 unspecified atom stereocenters. The Morgan fingerprint density at radius 2 is 1.41 bits per heavy atom. The number of hydrogen-bond donors (Lipinski definition) is 0. The van der Waals surface area contributed by atoms with Crippen molar-refractivity contribution in [2.24, 2.45) is 0 Å². The van der Waals surface area contributed by atoms with E-state index in [1.54, 1.807) is 0 Å². The van der Waals surface area contributed by atoms with Crippen LogP contribution in [0.4, 0.5) is 26.3 Å². The molecule has 84 valence electrons. The summed E-state index contributed by atoms with van der Waals surface area (Å²) < 4.78 is 75.4. The molecule has 1 aliphatic carbocycles. The fourth-order valence-electron chi connectivity index (χ4n) is 0.999. The third-order valence-corrected chi connectivity index (χ3v) is 1.87. The van der Waals surface area contributed by atoms with Crippen LogP contribution in [-0.4, -0.2) is 18.9 Å². The van der Waals surface area contributed by atoms with Crippen LogP contribution in [-0.2, 0) is 0 Å². The summed E-state index contributed by atoms with van der Waals surface area (Å²) in [5, 5.41) is 20.2. The molecule has 0 saturated heterocycles. The SMILES string of the molecule is [Li+].[Li+].[O-]B([O-])C1(F)C(F)=C(F)C(F)=C(F)C1F. The molecule has 0 aromatic carbocycles. The van der Waals surface area contributed by atoms with Crippen LogP contribution in [0.1, 0.15) is 0 Å². The van der Waals surface area contributed by atoms with Gasteiger partial charge in [-0.05, 0) is 0 Å². The van der Waals surface area contributed by atoms with Gasteiger partial charge in [0.15, 0.2) is 29.5 Å². The zero-order valence-corrected chi connectivity index (χ0v) is 8.74. The van der Waals surface area contributed by atoms with Gasteiger partial charge in [-0.25, -0.2) is 26.3 Å². The first kappa shape index (κ1) is 19.6. The average molecular weight is 244 g/mol. The van der Waals surface area contributed by atoms with E-state index in [0.29, 0.717) is 0 Å². The van der Waals surface area contributed by atoms with Gasteiger partial charge in [-0.1, -0.05) is 7.12 Å². The topological polar surface area (TPSA) is 46.1 Å². The van der Waals surface area contributed by atoms with Gasteiger partial charge < -0.3 is 10.0 Å². The van der Waals surface area contributed by atoms with Gasteiger partial charge in [-0.3, -0.25) is 0 Å². The Balaban J connectivity index is 0. The maximum Gasteiger partial charge on any atom is 1.00 e. The fraction of sp³-hybridized carbons (Fsp3) is 0.333. The van der Waals surface area contributed by atoms with Gasteiger partial charge in [0.05, 0.1) is 0 Å². The van der Waals surface area contributed by atoms with Gasteiger partial charge in [0.1, 0.15) is 5.57 Å². The van der Waals surface area contributed by atoms with E-state index in [1.807, 2.05) is 0 Å². The molecule has 0 spiro atoms. The van der Waals surface area contributed by atoms with Crippen LogP contribution >= 0.6 is 0 Å². The van der Waals surface area contributed by atoms with Crippen molar-refractivity contribution in [3.63, 3.8) is 0 Å². The number of halogens is 6. The van der Waals surface area contributed by atoms with Crippen LogP contribution in [0.3, 0.4) is 0 Å². The summed E-state index contributed by atoms with van der Waals surface area (Å²) in [6.07, 6.45) is -3.78. The first-order valence-corrected chi connectivity index (χ1v) is 3.50. The molecule has 17 heavy (non-hydrogen) atoms. The van der Waals surface area contributed by atoms with Gasteiger partial charge >= 0.3 is 37.7 Å². The first-order chi connectivity index (χ1) is 6.74. The van der Waals surface area contributed by atoms with Gasteiger partial charge in [-0.2, -0.15) is 0 Å². The van der Waals surface area contributed by atoms with Crippen molar-refractivity contribution < 1.29 is 74.1 Å². The Kier molecular flexibility index (Phi) is 7.39. The van der Waals surface area contributed by atoms with E-state index in [0.717, 1.165) is 0 Å². The minimum atomic E-state index is -4.59. The maximum absolute atomic E-state index is 13.0. The van der Waals surface area contributed by atoms with Crippen molar-refractivity contribution in [1.82, 2.24) is 0 Å². The number of alkyl halides is 2. The van der Waals surface area contributed by atoms with E-state index in [2.05, 4.69) is 0 Å². The molecule has 1 aliphatic rings. The van der Waals surface area contributed by atoms with Crippen molar-refractivity contribution in [3.8, 4) is 0 Å². The molecule has 0 aromatic rings. The van der Waals surface area contributed by atoms with E-state index in [1.165, 1.54) is 0 Å². The molecule has 0 heterocycles. The predicted octanol–water partition coefficient (Wildman–Crippen LogP) is -5.90. The van der Waals surface area contributed by atoms with Crippen molar-refractivity contribution in [2.45, 2.75) is 11.7 Å². The van der Waals surface area contributed by atoms with Crippen molar-refractivity contribution >= 4 is 7.12 Å². The van der Waals surface area contributed by atoms with Gasteiger partial charge in [0.25, 0.3) is 0 Å². The molecule has 11 heteroatoms. The number of rotatable bonds is 1. The normalized spacial score (nSPS) is 28.6. The zero-order valence-electron chi connectivity index (χ0n) is 8.74. The van der Waals surface area contributed by atoms with E-state index in [9.17, 15) is 36.4 Å². The van der Waals surface area contributed by atoms with E-state index in [4.69, 9.17) is 0 Å². The summed E-state index contributed by atoms with van der Waals surface area (Å²) in [6.45, 7) is 0.